The molecule has 0 fully saturated rings. The molecule has 0 aliphatic carbocycles. The molecule has 18 heavy (non-hydrogen) atoms. The summed E-state index contributed by atoms with van der Waals surface area (Å²) in [5, 5.41) is 0. The zero-order valence-electron chi connectivity index (χ0n) is 10.8. The second kappa shape index (κ2) is 9.19. The summed E-state index contributed by atoms with van der Waals surface area (Å²) >= 11 is 0. The van der Waals surface area contributed by atoms with Gasteiger partial charge in [0.1, 0.15) is 0 Å². The average Bonchev–Trinajstić information content (AvgIpc) is 2.27. The van der Waals surface area contributed by atoms with E-state index in [1.54, 1.807) is 0 Å². The van der Waals surface area contributed by atoms with Gasteiger partial charge in [-0.05, 0) is 12.8 Å². The number of hydrogen-bond acceptors (Lipinski definition) is 3. The van der Waals surface area contributed by atoms with E-state index in [1.807, 2.05) is 0 Å². The number of carbonyl (C=O) groups excluding carboxylic acids is 1. The first-order valence-electron chi connectivity index (χ1n) is 6.37. The van der Waals surface area contributed by atoms with Gasteiger partial charge in [-0.25, -0.2) is 4.79 Å². The van der Waals surface area contributed by atoms with E-state index in [1.165, 1.54) is 12.8 Å². The van der Waals surface area contributed by atoms with E-state index in [2.05, 4.69) is 11.7 Å². The normalized spacial score (nSPS) is 13.4. The van der Waals surface area contributed by atoms with Crippen molar-refractivity contribution in [2.45, 2.75) is 64.1 Å². The summed E-state index contributed by atoms with van der Waals surface area (Å²) in [6.45, 7) is 1.86. The van der Waals surface area contributed by atoms with Gasteiger partial charge in [-0.1, -0.05) is 39.0 Å². The van der Waals surface area contributed by atoms with E-state index < -0.39 is 12.1 Å². The molecular weight excluding hydrogens is 247 g/mol. The van der Waals surface area contributed by atoms with Crippen LogP contribution in [0.15, 0.2) is 0 Å². The summed E-state index contributed by atoms with van der Waals surface area (Å²) in [6.07, 6.45) is 1.69. The Morgan fingerprint density at radius 1 is 1.17 bits per heavy atom. The van der Waals surface area contributed by atoms with Crippen LogP contribution in [-0.4, -0.2) is 24.8 Å². The zero-order valence-corrected chi connectivity index (χ0v) is 10.8. The highest BCUT2D eigenvalue weighted by Crippen LogP contribution is 2.16. The lowest BCUT2D eigenvalue weighted by atomic mass is 10.1. The second-order valence-corrected chi connectivity index (χ2v) is 4.39. The van der Waals surface area contributed by atoms with E-state index in [-0.39, 0.29) is 19.1 Å². The van der Waals surface area contributed by atoms with Crippen LogP contribution in [0.2, 0.25) is 0 Å². The molecule has 0 aliphatic heterocycles. The van der Waals surface area contributed by atoms with E-state index in [4.69, 9.17) is 5.73 Å². The van der Waals surface area contributed by atoms with Crippen LogP contribution in [0, 0.1) is 0 Å². The van der Waals surface area contributed by atoms with Crippen molar-refractivity contribution in [1.82, 2.24) is 0 Å². The third kappa shape index (κ3) is 9.27. The Hall–Kier alpha value is -0.780. The number of halogens is 3. The second-order valence-electron chi connectivity index (χ2n) is 4.39. The van der Waals surface area contributed by atoms with E-state index in [0.717, 1.165) is 25.7 Å². The van der Waals surface area contributed by atoms with Gasteiger partial charge in [0.15, 0.2) is 0 Å². The minimum absolute atomic E-state index is 0.201. The van der Waals surface area contributed by atoms with Crippen LogP contribution in [0.1, 0.15) is 51.9 Å². The summed E-state index contributed by atoms with van der Waals surface area (Å²) < 4.78 is 39.4. The lowest BCUT2D eigenvalue weighted by Crippen LogP contribution is -2.28. The minimum Gasteiger partial charge on any atom is -0.459 e. The predicted octanol–water partition coefficient (Wildman–Crippen LogP) is 3.17. The van der Waals surface area contributed by atoms with Crippen molar-refractivity contribution in [2.75, 3.05) is 6.61 Å². The van der Waals surface area contributed by atoms with Crippen LogP contribution in [0.3, 0.4) is 0 Å². The zero-order chi connectivity index (χ0) is 14.0. The summed E-state index contributed by atoms with van der Waals surface area (Å²) in [4.78, 5) is 10.4. The fourth-order valence-electron chi connectivity index (χ4n) is 1.54. The molecule has 0 radical (unpaired) electrons. The molecule has 0 saturated heterocycles. The van der Waals surface area contributed by atoms with Gasteiger partial charge in [0.05, 0.1) is 6.61 Å². The van der Waals surface area contributed by atoms with Crippen LogP contribution in [0.25, 0.3) is 0 Å². The first-order valence-corrected chi connectivity index (χ1v) is 6.37. The van der Waals surface area contributed by atoms with Crippen molar-refractivity contribution in [1.29, 1.82) is 0 Å². The molecule has 108 valence electrons. The Labute approximate surface area is 106 Å². The molecule has 0 aromatic carbocycles. The largest absolute Gasteiger partial charge is 0.490 e. The Kier molecular flexibility index (Phi) is 8.79. The molecule has 0 aromatic rings. The van der Waals surface area contributed by atoms with Crippen LogP contribution in [0.5, 0.6) is 0 Å². The molecule has 0 rings (SSSR count). The molecule has 0 heterocycles. The van der Waals surface area contributed by atoms with Crippen molar-refractivity contribution >= 4 is 5.97 Å². The molecule has 1 atom stereocenters. The fourth-order valence-corrected chi connectivity index (χ4v) is 1.54. The third-order valence-corrected chi connectivity index (χ3v) is 2.63. The van der Waals surface area contributed by atoms with Gasteiger partial charge >= 0.3 is 12.1 Å². The van der Waals surface area contributed by atoms with Crippen LogP contribution in [-0.2, 0) is 9.53 Å². The topological polar surface area (TPSA) is 52.3 Å². The third-order valence-electron chi connectivity index (χ3n) is 2.63. The Balaban J connectivity index is 3.48. The van der Waals surface area contributed by atoms with Crippen molar-refractivity contribution in [3.8, 4) is 0 Å². The van der Waals surface area contributed by atoms with Crippen molar-refractivity contribution in [3.05, 3.63) is 0 Å². The fraction of sp³-hybridized carbons (Fsp3) is 0.917. The van der Waals surface area contributed by atoms with E-state index >= 15 is 0 Å². The number of alkyl halides is 3. The number of rotatable bonds is 9. The van der Waals surface area contributed by atoms with Crippen molar-refractivity contribution < 1.29 is 22.7 Å². The molecule has 6 heteroatoms. The van der Waals surface area contributed by atoms with Gasteiger partial charge in [0.25, 0.3) is 0 Å². The Bertz CT molecular complexity index is 232. The monoisotopic (exact) mass is 269 g/mol. The minimum atomic E-state index is -4.91. The summed E-state index contributed by atoms with van der Waals surface area (Å²) in [7, 11) is 0. The molecule has 0 spiro atoms. The number of ether oxygens (including phenoxy) is 1. The Morgan fingerprint density at radius 2 is 1.78 bits per heavy atom. The number of esters is 1. The highest BCUT2D eigenvalue weighted by Gasteiger charge is 2.40. The van der Waals surface area contributed by atoms with Gasteiger partial charge < -0.3 is 10.5 Å². The molecule has 0 saturated carbocycles. The van der Waals surface area contributed by atoms with Gasteiger partial charge in [0.2, 0.25) is 0 Å². The highest BCUT2D eigenvalue weighted by molar-refractivity contribution is 5.75. The first kappa shape index (κ1) is 17.2. The van der Waals surface area contributed by atoms with E-state index in [0.29, 0.717) is 0 Å². The predicted molar refractivity (Wildman–Crippen MR) is 63.0 cm³/mol. The number of unbranched alkanes of at least 4 members (excludes halogenated alkanes) is 4. The lowest BCUT2D eigenvalue weighted by molar-refractivity contribution is -0.199. The average molecular weight is 269 g/mol. The molecule has 2 N–H and O–H groups in total. The maximum absolute atomic E-state index is 11.8. The van der Waals surface area contributed by atoms with Crippen LogP contribution < -0.4 is 5.73 Å². The summed E-state index contributed by atoms with van der Waals surface area (Å²) in [5.41, 5.74) is 5.71. The first-order chi connectivity index (χ1) is 8.38. The maximum Gasteiger partial charge on any atom is 0.490 e. The summed E-state index contributed by atoms with van der Waals surface area (Å²) in [5.74, 6) is -2.14. The molecule has 0 bridgehead atoms. The van der Waals surface area contributed by atoms with Crippen molar-refractivity contribution in [2.24, 2.45) is 5.73 Å². The number of nitrogens with two attached hydrogens (primary N) is 1. The molecule has 0 aromatic heterocycles. The summed E-state index contributed by atoms with van der Waals surface area (Å²) in [6, 6.07) is -0.201. The van der Waals surface area contributed by atoms with Crippen molar-refractivity contribution in [3.63, 3.8) is 0 Å². The smallest absolute Gasteiger partial charge is 0.459 e. The molecule has 0 amide bonds. The van der Waals surface area contributed by atoms with Gasteiger partial charge in [0, 0.05) is 6.04 Å². The Morgan fingerprint density at radius 3 is 2.33 bits per heavy atom. The van der Waals surface area contributed by atoms with Gasteiger partial charge in [-0.3, -0.25) is 0 Å². The number of hydrogen-bond donors (Lipinski definition) is 1. The van der Waals surface area contributed by atoms with Crippen LogP contribution in [0.4, 0.5) is 13.2 Å². The molecular formula is C12H22F3NO2. The number of carbonyl (C=O) groups is 1. The van der Waals surface area contributed by atoms with Crippen LogP contribution >= 0.6 is 0 Å². The SMILES string of the molecule is CCCCCCCC(N)CCOC(=O)C(F)(F)F. The molecule has 3 nitrogen and oxygen atoms in total. The maximum atomic E-state index is 11.8. The molecule has 0 aliphatic rings. The highest BCUT2D eigenvalue weighted by atomic mass is 19.4. The van der Waals surface area contributed by atoms with Gasteiger partial charge in [-0.15, -0.1) is 0 Å². The van der Waals surface area contributed by atoms with E-state index in [9.17, 15) is 18.0 Å². The lowest BCUT2D eigenvalue weighted by Gasteiger charge is -2.12. The van der Waals surface area contributed by atoms with Gasteiger partial charge in [-0.2, -0.15) is 13.2 Å². The quantitative estimate of drug-likeness (QED) is 0.516. The standard InChI is InChI=1S/C12H22F3NO2/c1-2-3-4-5-6-7-10(16)8-9-18-11(17)12(13,14)15/h10H,2-9,16H2,1H3. The molecule has 1 unspecified atom stereocenters.